The highest BCUT2D eigenvalue weighted by atomic mass is 16.5. The average Bonchev–Trinajstić information content (AvgIpc) is 3.78. The van der Waals surface area contributed by atoms with Crippen molar-refractivity contribution in [3.8, 4) is 0 Å². The molecule has 1 aliphatic carbocycles. The van der Waals surface area contributed by atoms with Gasteiger partial charge in [-0.3, -0.25) is 4.79 Å². The molecule has 4 unspecified atom stereocenters. The zero-order valence-electron chi connectivity index (χ0n) is 25.8. The number of hydrogen-bond donors (Lipinski definition) is 1. The Morgan fingerprint density at radius 1 is 1.00 bits per heavy atom. The second-order valence-electron chi connectivity index (χ2n) is 9.53. The molecule has 0 aliphatic heterocycles. The highest BCUT2D eigenvalue weighted by molar-refractivity contribution is 5.65. The molecule has 0 aromatic rings. The Bertz CT molecular complexity index is 581. The fourth-order valence-corrected chi connectivity index (χ4v) is 3.54. The van der Waals surface area contributed by atoms with E-state index in [2.05, 4.69) is 32.4 Å². The first-order valence-corrected chi connectivity index (χ1v) is 14.1. The molecule has 0 amide bonds. The van der Waals surface area contributed by atoms with Crippen LogP contribution < -0.4 is 0 Å². The largest absolute Gasteiger partial charge is 0.498 e. The van der Waals surface area contributed by atoms with Gasteiger partial charge < -0.3 is 33.6 Å². The smallest absolute Gasteiger partial charge is 0.302 e. The number of rotatable bonds is 18. The van der Waals surface area contributed by atoms with Crippen LogP contribution in [0.15, 0.2) is 11.3 Å². The fourth-order valence-electron chi connectivity index (χ4n) is 3.54. The number of ether oxygens (including phenoxy) is 4. The van der Waals surface area contributed by atoms with Crippen LogP contribution in [0.25, 0.3) is 0 Å². The van der Waals surface area contributed by atoms with Crippen molar-refractivity contribution in [1.82, 2.24) is 0 Å². The molecule has 0 radical (unpaired) electrons. The average molecular weight is 547 g/mol. The van der Waals surface area contributed by atoms with Gasteiger partial charge >= 0.3 is 5.97 Å². The van der Waals surface area contributed by atoms with Crippen LogP contribution in [-0.4, -0.2) is 70.9 Å². The third kappa shape index (κ3) is 22.2. The first-order chi connectivity index (χ1) is 18.3. The van der Waals surface area contributed by atoms with Gasteiger partial charge in [-0.05, 0) is 49.0 Å². The van der Waals surface area contributed by atoms with E-state index in [9.17, 15) is 9.59 Å². The zero-order chi connectivity index (χ0) is 29.9. The maximum absolute atomic E-state index is 10.3. The van der Waals surface area contributed by atoms with E-state index < -0.39 is 5.97 Å². The van der Waals surface area contributed by atoms with Gasteiger partial charge in [0.1, 0.15) is 13.1 Å². The van der Waals surface area contributed by atoms with E-state index in [0.717, 1.165) is 38.9 Å². The minimum atomic E-state index is -0.394. The van der Waals surface area contributed by atoms with E-state index in [4.69, 9.17) is 24.1 Å². The second-order valence-corrected chi connectivity index (χ2v) is 9.53. The molecule has 0 bridgehead atoms. The Morgan fingerprint density at radius 3 is 1.97 bits per heavy atom. The summed E-state index contributed by atoms with van der Waals surface area (Å²) in [6, 6.07) is 0. The van der Waals surface area contributed by atoms with Crippen molar-refractivity contribution in [1.29, 1.82) is 0 Å². The van der Waals surface area contributed by atoms with Crippen molar-refractivity contribution in [2.45, 2.75) is 99.5 Å². The normalized spacial score (nSPS) is 14.7. The van der Waals surface area contributed by atoms with Crippen LogP contribution in [0.2, 0.25) is 0 Å². The van der Waals surface area contributed by atoms with Crippen molar-refractivity contribution in [2.24, 2.45) is 23.7 Å². The quantitative estimate of drug-likeness (QED) is 0.131. The van der Waals surface area contributed by atoms with Gasteiger partial charge in [-0.2, -0.15) is 0 Å². The van der Waals surface area contributed by atoms with Crippen molar-refractivity contribution in [2.75, 3.05) is 40.6 Å². The number of aliphatic hydroxyl groups is 1. The summed E-state index contributed by atoms with van der Waals surface area (Å²) in [7, 11) is 3.61. The molecular weight excluding hydrogens is 488 g/mol. The van der Waals surface area contributed by atoms with Crippen molar-refractivity contribution < 1.29 is 38.4 Å². The second kappa shape index (κ2) is 28.2. The zero-order valence-corrected chi connectivity index (χ0v) is 25.8. The standard InChI is InChI=1S/C20H38O3.C7H12O4.C2H6.CH2O/c1-7-16(13-21-5)11-20(17-9-10-17)23-14-18(15(3)4)12-19(8-2)22-6;1-6(10)11-5-7(4-9)2-3-8;2*1-2/h15-16,18-19H,7-14H2,1-6H3;3,7,9H,2,4-5H2,1H3;1-2H3;1H2. The van der Waals surface area contributed by atoms with Gasteiger partial charge in [0.05, 0.1) is 25.1 Å². The highest BCUT2D eigenvalue weighted by Gasteiger charge is 2.24. The number of carbonyl (C=O) groups excluding carboxylic acids is 3. The molecule has 8 nitrogen and oxygen atoms in total. The summed E-state index contributed by atoms with van der Waals surface area (Å²) in [6.07, 6.45) is 8.05. The molecule has 0 heterocycles. The summed E-state index contributed by atoms with van der Waals surface area (Å²) in [6.45, 7) is 17.9. The molecule has 1 saturated carbocycles. The van der Waals surface area contributed by atoms with E-state index in [1.165, 1.54) is 31.1 Å². The van der Waals surface area contributed by atoms with Crippen LogP contribution in [0.4, 0.5) is 0 Å². The third-order valence-electron chi connectivity index (χ3n) is 6.33. The Balaban J connectivity index is -0.000000686. The lowest BCUT2D eigenvalue weighted by molar-refractivity contribution is -0.143. The van der Waals surface area contributed by atoms with E-state index in [0.29, 0.717) is 30.1 Å². The molecule has 0 spiro atoms. The molecule has 1 aliphatic rings. The summed E-state index contributed by atoms with van der Waals surface area (Å²) in [4.78, 5) is 28.2. The molecule has 0 aromatic carbocycles. The van der Waals surface area contributed by atoms with Crippen LogP contribution in [-0.2, 0) is 33.3 Å². The molecule has 0 saturated heterocycles. The molecule has 4 atom stereocenters. The molecule has 0 aromatic heterocycles. The third-order valence-corrected chi connectivity index (χ3v) is 6.33. The Kier molecular flexibility index (Phi) is 30.3. The molecule has 1 N–H and O–H groups in total. The predicted molar refractivity (Wildman–Crippen MR) is 153 cm³/mol. The molecule has 8 heteroatoms. The maximum atomic E-state index is 10.3. The molecule has 226 valence electrons. The summed E-state index contributed by atoms with van der Waals surface area (Å²) in [5, 5.41) is 8.62. The first kappa shape index (κ1) is 40.7. The minimum Gasteiger partial charge on any atom is -0.498 e. The number of methoxy groups -OCH3 is 2. The van der Waals surface area contributed by atoms with Gasteiger partial charge in [0, 0.05) is 53.1 Å². The SMILES string of the molecule is C=O.CC.CC(=O)OCC(CO)CC=O.CCC(COC)CC(OCC(CC(CC)OC)C(C)C)=C1CC1. The van der Waals surface area contributed by atoms with E-state index in [-0.39, 0.29) is 25.6 Å². The van der Waals surface area contributed by atoms with Crippen LogP contribution in [0, 0.1) is 23.7 Å². The summed E-state index contributed by atoms with van der Waals surface area (Å²) >= 11 is 0. The number of esters is 1. The molecular formula is C30H58O8. The van der Waals surface area contributed by atoms with Gasteiger partial charge in [0.25, 0.3) is 0 Å². The summed E-state index contributed by atoms with van der Waals surface area (Å²) < 4.78 is 21.8. The monoisotopic (exact) mass is 546 g/mol. The lowest BCUT2D eigenvalue weighted by Gasteiger charge is -2.26. The number of carbonyl (C=O) groups is 3. The number of aldehydes is 1. The summed E-state index contributed by atoms with van der Waals surface area (Å²) in [5.41, 5.74) is 1.53. The van der Waals surface area contributed by atoms with Crippen LogP contribution in [0.5, 0.6) is 0 Å². The van der Waals surface area contributed by atoms with Crippen molar-refractivity contribution in [3.63, 3.8) is 0 Å². The fraction of sp³-hybridized carbons (Fsp3) is 0.833. The lowest BCUT2D eigenvalue weighted by Crippen LogP contribution is -2.23. The number of allylic oxidation sites excluding steroid dienone is 2. The topological polar surface area (TPSA) is 108 Å². The predicted octanol–water partition coefficient (Wildman–Crippen LogP) is 5.79. The van der Waals surface area contributed by atoms with Crippen molar-refractivity contribution in [3.05, 3.63) is 11.3 Å². The van der Waals surface area contributed by atoms with E-state index >= 15 is 0 Å². The Hall–Kier alpha value is -1.77. The van der Waals surface area contributed by atoms with Crippen molar-refractivity contribution >= 4 is 19.0 Å². The van der Waals surface area contributed by atoms with Crippen LogP contribution >= 0.6 is 0 Å². The first-order valence-electron chi connectivity index (χ1n) is 14.1. The Morgan fingerprint density at radius 2 is 1.61 bits per heavy atom. The molecule has 38 heavy (non-hydrogen) atoms. The van der Waals surface area contributed by atoms with Gasteiger partial charge in [0.15, 0.2) is 0 Å². The Labute approximate surface area is 232 Å². The van der Waals surface area contributed by atoms with E-state index in [1.807, 2.05) is 27.7 Å². The van der Waals surface area contributed by atoms with Gasteiger partial charge in [-0.1, -0.05) is 48.0 Å². The molecule has 1 rings (SSSR count). The number of hydrogen-bond acceptors (Lipinski definition) is 8. The van der Waals surface area contributed by atoms with Crippen LogP contribution in [0.1, 0.15) is 93.4 Å². The highest BCUT2D eigenvalue weighted by Crippen LogP contribution is 2.36. The minimum absolute atomic E-state index is 0.116. The lowest BCUT2D eigenvalue weighted by atomic mass is 9.90. The molecule has 1 fully saturated rings. The van der Waals surface area contributed by atoms with Gasteiger partial charge in [0.2, 0.25) is 0 Å². The summed E-state index contributed by atoms with van der Waals surface area (Å²) in [5.74, 6) is 2.35. The van der Waals surface area contributed by atoms with E-state index in [1.54, 1.807) is 7.11 Å². The van der Waals surface area contributed by atoms with Crippen LogP contribution in [0.3, 0.4) is 0 Å². The maximum Gasteiger partial charge on any atom is 0.302 e. The van der Waals surface area contributed by atoms with Gasteiger partial charge in [-0.25, -0.2) is 0 Å². The van der Waals surface area contributed by atoms with Gasteiger partial charge in [-0.15, -0.1) is 0 Å². The number of aliphatic hydroxyl groups excluding tert-OH is 1.